The van der Waals surface area contributed by atoms with E-state index >= 15 is 0 Å². The number of carbonyl (C=O) groups excluding carboxylic acids is 2. The molecule has 18 heteroatoms. The highest BCUT2D eigenvalue weighted by Crippen LogP contribution is 2.47. The zero-order valence-corrected chi connectivity index (χ0v) is 47.7. The number of fused-ring (bicyclic) bond motifs is 2. The Kier molecular flexibility index (Phi) is 14.1. The fourth-order valence-corrected chi connectivity index (χ4v) is 14.2. The van der Waals surface area contributed by atoms with Crippen LogP contribution in [0, 0.1) is 22.7 Å². The predicted octanol–water partition coefficient (Wildman–Crippen LogP) is 6.22. The third-order valence-corrected chi connectivity index (χ3v) is 18.9. The summed E-state index contributed by atoms with van der Waals surface area (Å²) in [5, 5.41) is 24.5. The zero-order chi connectivity index (χ0) is 56.5. The molecule has 4 saturated heterocycles. The van der Waals surface area contributed by atoms with E-state index in [4.69, 9.17) is 19.9 Å². The fraction of sp³-hybridized carbons (Fsp3) is 0.438. The van der Waals surface area contributed by atoms with Gasteiger partial charge < -0.3 is 39.2 Å². The van der Waals surface area contributed by atoms with Crippen molar-refractivity contribution in [2.24, 2.45) is 0 Å². The van der Waals surface area contributed by atoms with Gasteiger partial charge in [0.1, 0.15) is 11.6 Å². The van der Waals surface area contributed by atoms with Crippen molar-refractivity contribution in [3.05, 3.63) is 143 Å². The first-order valence-electron chi connectivity index (χ1n) is 29.1. The lowest BCUT2D eigenvalue weighted by molar-refractivity contribution is -0.129. The Morgan fingerprint density at radius 1 is 0.549 bits per heavy atom. The number of benzene rings is 4. The van der Waals surface area contributed by atoms with E-state index in [1.807, 2.05) is 0 Å². The second-order valence-electron chi connectivity index (χ2n) is 24.0. The number of rotatable bonds is 12. The molecule has 2 amide bonds. The van der Waals surface area contributed by atoms with Crippen molar-refractivity contribution in [3.8, 4) is 12.1 Å². The number of nitrogens with zero attached hydrogens (tertiary/aromatic N) is 16. The second-order valence-corrected chi connectivity index (χ2v) is 24.0. The fourth-order valence-electron chi connectivity index (χ4n) is 14.2. The molecule has 14 rings (SSSR count). The number of carbonyl (C=O) groups is 2. The third kappa shape index (κ3) is 9.45. The summed E-state index contributed by atoms with van der Waals surface area (Å²) >= 11 is 0. The van der Waals surface area contributed by atoms with Gasteiger partial charge in [0.2, 0.25) is 23.7 Å². The summed E-state index contributed by atoms with van der Waals surface area (Å²) in [5.41, 5.74) is 10.2. The first kappa shape index (κ1) is 53.3. The molecule has 4 fully saturated rings. The van der Waals surface area contributed by atoms with Gasteiger partial charge in [0, 0.05) is 127 Å². The monoisotopic (exact) mass is 1100 g/mol. The van der Waals surface area contributed by atoms with Crippen LogP contribution in [0.5, 0.6) is 0 Å². The van der Waals surface area contributed by atoms with Crippen LogP contribution in [0.1, 0.15) is 69.7 Å². The van der Waals surface area contributed by atoms with Crippen molar-refractivity contribution >= 4 is 56.9 Å². The van der Waals surface area contributed by atoms with Crippen LogP contribution in [-0.2, 0) is 48.6 Å². The first-order chi connectivity index (χ1) is 39.9. The van der Waals surface area contributed by atoms with Crippen LogP contribution in [0.3, 0.4) is 0 Å². The van der Waals surface area contributed by atoms with Gasteiger partial charge in [-0.2, -0.15) is 20.5 Å². The molecule has 4 aromatic carbocycles. The van der Waals surface area contributed by atoms with Crippen molar-refractivity contribution in [2.75, 3.05) is 113 Å². The Morgan fingerprint density at radius 2 is 0.951 bits per heavy atom. The maximum atomic E-state index is 12.6. The van der Waals surface area contributed by atoms with Gasteiger partial charge in [0.15, 0.2) is 0 Å². The van der Waals surface area contributed by atoms with Crippen molar-refractivity contribution in [1.29, 1.82) is 10.5 Å². The first-order valence-corrected chi connectivity index (χ1v) is 29.1. The highest BCUT2D eigenvalue weighted by Gasteiger charge is 2.42. The summed E-state index contributed by atoms with van der Waals surface area (Å²) in [6, 6.07) is 32.4. The molecule has 18 nitrogen and oxygen atoms in total. The van der Waals surface area contributed by atoms with E-state index in [1.54, 1.807) is 9.80 Å². The Bertz CT molecular complexity index is 3370. The molecule has 8 aliphatic rings. The minimum Gasteiger partial charge on any atom is -0.352 e. The number of likely N-dealkylation sites (N-methyl/N-ethyl adjacent to an activating group) is 2. The van der Waals surface area contributed by atoms with Crippen LogP contribution in [0.15, 0.2) is 98.1 Å². The molecule has 0 spiro atoms. The van der Waals surface area contributed by atoms with Crippen LogP contribution >= 0.6 is 0 Å². The predicted molar refractivity (Wildman–Crippen MR) is 319 cm³/mol. The summed E-state index contributed by atoms with van der Waals surface area (Å²) in [6.45, 7) is 17.7. The molecule has 8 heterocycles. The minimum atomic E-state index is -0.199. The summed E-state index contributed by atoms with van der Waals surface area (Å²) in [7, 11) is 8.48. The van der Waals surface area contributed by atoms with E-state index in [0.29, 0.717) is 63.4 Å². The van der Waals surface area contributed by atoms with Crippen LogP contribution in [-0.4, -0.2) is 179 Å². The van der Waals surface area contributed by atoms with Gasteiger partial charge in [-0.15, -0.1) is 0 Å². The van der Waals surface area contributed by atoms with Crippen molar-refractivity contribution in [3.63, 3.8) is 0 Å². The number of aromatic nitrogens is 4. The van der Waals surface area contributed by atoms with Crippen molar-refractivity contribution < 1.29 is 9.59 Å². The Morgan fingerprint density at radius 3 is 1.33 bits per heavy atom. The van der Waals surface area contributed by atoms with Crippen LogP contribution < -0.4 is 19.6 Å². The molecule has 0 saturated carbocycles. The summed E-state index contributed by atoms with van der Waals surface area (Å²) < 4.78 is 0. The SMILES string of the molecule is C=CC(=O)N1CCN(c2nc(N3CC(N(C)C)C3)nc3c2CN([C@@H]2Cc4cccc5cccc2c45)C3)C[C@@H]1CC#N.C=CC(=O)N1CCN(c2nc(N3CC(N(C)C)C3)nc3c2CN([C@H]2Cc4cccc5cccc2c45)C3)C[C@@H]1CC#N. The van der Waals surface area contributed by atoms with Crippen LogP contribution in [0.2, 0.25) is 0 Å². The van der Waals surface area contributed by atoms with Gasteiger partial charge in [0.25, 0.3) is 0 Å². The molecule has 2 aliphatic carbocycles. The molecule has 0 radical (unpaired) electrons. The standard InChI is InChI=1S/2C32H36N8O/c2*1-4-29(41)40-14-13-37(16-23(40)11-12-33)31-26-19-38(20-27(26)34-32(35-31)39-17-24(18-39)36(2)3)28-15-22-9-5-7-21-8-6-10-25(28)30(21)22/h2*4-10,23-24,28H,1,11,13-20H2,2-3H3/t23-,28+;23-,28-/m00/s1. The van der Waals surface area contributed by atoms with E-state index in [2.05, 4.69) is 165 Å². The van der Waals surface area contributed by atoms with E-state index in [1.165, 1.54) is 67.1 Å². The number of hydrogen-bond donors (Lipinski definition) is 0. The van der Waals surface area contributed by atoms with Crippen molar-refractivity contribution in [2.45, 2.75) is 88.1 Å². The summed E-state index contributed by atoms with van der Waals surface area (Å²) in [6.07, 6.45) is 5.27. The van der Waals surface area contributed by atoms with Gasteiger partial charge in [-0.1, -0.05) is 86.0 Å². The average Bonchev–Trinajstić information content (AvgIpc) is 4.42. The molecule has 0 unspecified atom stereocenters. The maximum absolute atomic E-state index is 12.6. The van der Waals surface area contributed by atoms with Gasteiger partial charge >= 0.3 is 0 Å². The van der Waals surface area contributed by atoms with Gasteiger partial charge in [-0.05, 0) is 97.0 Å². The number of amides is 2. The topological polar surface area (TPSA) is 166 Å². The molecular formula is C64H72N16O2. The van der Waals surface area contributed by atoms with Gasteiger partial charge in [-0.3, -0.25) is 19.4 Å². The van der Waals surface area contributed by atoms with Crippen LogP contribution in [0.4, 0.5) is 23.5 Å². The lowest BCUT2D eigenvalue weighted by Gasteiger charge is -2.44. The Balaban J connectivity index is 0.000000154. The lowest BCUT2D eigenvalue weighted by atomic mass is 10.0. The zero-order valence-electron chi connectivity index (χ0n) is 47.7. The molecule has 82 heavy (non-hydrogen) atoms. The molecule has 6 aromatic rings. The largest absolute Gasteiger partial charge is 0.352 e. The molecule has 6 aliphatic heterocycles. The minimum absolute atomic E-state index is 0.116. The number of nitriles is 2. The molecule has 2 aromatic heterocycles. The Hall–Kier alpha value is -8.00. The van der Waals surface area contributed by atoms with E-state index in [9.17, 15) is 20.1 Å². The van der Waals surface area contributed by atoms with Gasteiger partial charge in [-0.25, -0.2) is 9.97 Å². The van der Waals surface area contributed by atoms with E-state index in [0.717, 1.165) is 100 Å². The maximum Gasteiger partial charge on any atom is 0.246 e. The quantitative estimate of drug-likeness (QED) is 0.127. The number of hydrogen-bond acceptors (Lipinski definition) is 16. The number of anilines is 4. The molecule has 4 atom stereocenters. The van der Waals surface area contributed by atoms with E-state index in [-0.39, 0.29) is 36.7 Å². The molecular weight excluding hydrogens is 1020 g/mol. The second kappa shape index (κ2) is 21.7. The smallest absolute Gasteiger partial charge is 0.246 e. The van der Waals surface area contributed by atoms with Gasteiger partial charge in [0.05, 0.1) is 48.5 Å². The molecule has 420 valence electrons. The lowest BCUT2D eigenvalue weighted by Crippen LogP contribution is -2.58. The summed E-state index contributed by atoms with van der Waals surface area (Å²) in [5.74, 6) is 3.27. The Labute approximate surface area is 480 Å². The normalized spacial score (nSPS) is 22.2. The highest BCUT2D eigenvalue weighted by atomic mass is 16.2. The van der Waals surface area contributed by atoms with Crippen molar-refractivity contribution in [1.82, 2.24) is 49.3 Å². The number of piperazine rings is 2. The average molecular weight is 1100 g/mol. The van der Waals surface area contributed by atoms with Crippen LogP contribution in [0.25, 0.3) is 21.5 Å². The molecule has 0 N–H and O–H groups in total. The summed E-state index contributed by atoms with van der Waals surface area (Å²) in [4.78, 5) is 68.1. The third-order valence-electron chi connectivity index (χ3n) is 18.9. The molecule has 0 bridgehead atoms. The van der Waals surface area contributed by atoms with E-state index < -0.39 is 0 Å². The highest BCUT2D eigenvalue weighted by molar-refractivity contribution is 5.92.